The molecule has 0 aliphatic rings. The maximum Gasteiger partial charge on any atom is 0.416 e. The fourth-order valence-electron chi connectivity index (χ4n) is 4.36. The third kappa shape index (κ3) is 7.99. The van der Waals surface area contributed by atoms with Gasteiger partial charge in [-0.1, -0.05) is 45.0 Å². The monoisotopic (exact) mass is 540 g/mol. The average molecular weight is 541 g/mol. The molecule has 3 aromatic carbocycles. The van der Waals surface area contributed by atoms with Crippen LogP contribution in [-0.2, 0) is 6.18 Å². The second-order valence-electron chi connectivity index (χ2n) is 10.8. The first-order chi connectivity index (χ1) is 18.2. The molecule has 1 unspecified atom stereocenters. The molecule has 208 valence electrons. The smallest absolute Gasteiger partial charge is 0.416 e. The Balaban J connectivity index is 1.88. The van der Waals surface area contributed by atoms with Crippen molar-refractivity contribution in [1.29, 1.82) is 0 Å². The lowest BCUT2D eigenvalue weighted by Crippen LogP contribution is -2.37. The third-order valence-electron chi connectivity index (χ3n) is 6.37. The minimum atomic E-state index is -4.38. The number of alkyl halides is 3. The third-order valence-corrected chi connectivity index (χ3v) is 6.37. The molecule has 3 rings (SSSR count). The van der Waals surface area contributed by atoms with E-state index in [0.29, 0.717) is 16.9 Å². The molecule has 1 amide bonds. The molecule has 0 aromatic heterocycles. The van der Waals surface area contributed by atoms with Crippen LogP contribution in [0.15, 0.2) is 65.8 Å². The van der Waals surface area contributed by atoms with E-state index in [1.54, 1.807) is 12.1 Å². The van der Waals surface area contributed by atoms with Gasteiger partial charge in [0.25, 0.3) is 5.91 Å². The van der Waals surface area contributed by atoms with Crippen molar-refractivity contribution < 1.29 is 22.7 Å². The summed E-state index contributed by atoms with van der Waals surface area (Å²) < 4.78 is 45.5. The Morgan fingerprint density at radius 2 is 1.54 bits per heavy atom. The number of ether oxygens (including phenoxy) is 1. The highest BCUT2D eigenvalue weighted by Crippen LogP contribution is 2.37. The number of carbonyl (C=O) groups is 1. The van der Waals surface area contributed by atoms with Crippen LogP contribution in [-0.4, -0.2) is 11.9 Å². The molecule has 6 nitrogen and oxygen atoms in total. The lowest BCUT2D eigenvalue weighted by molar-refractivity contribution is -0.137. The number of halogens is 3. The molecule has 5 N–H and O–H groups in total. The molecular formula is C30H35F3N4O2. The standard InChI is InChI=1S/C30H35F3N4O2/c1-18-16-24(17-19(2)26(18)21-10-12-23(13-11-21)30(31,32)33)39-25(14-15-29(3,4)5)20-6-8-22(9-7-20)27(38)36-28(34)37-35/h6-13,16-17,25H,14-15,35H2,1-5H3,(H3,34,36,37,38). The predicted octanol–water partition coefficient (Wildman–Crippen LogP) is 6.85. The fourth-order valence-corrected chi connectivity index (χ4v) is 4.36. The fraction of sp³-hybridized carbons (Fsp3) is 0.333. The summed E-state index contributed by atoms with van der Waals surface area (Å²) in [6, 6.07) is 16.1. The minimum Gasteiger partial charge on any atom is -0.486 e. The molecule has 3 aromatic rings. The zero-order valence-electron chi connectivity index (χ0n) is 22.8. The number of nitrogens with two attached hydrogens (primary N) is 2. The zero-order valence-corrected chi connectivity index (χ0v) is 22.8. The van der Waals surface area contributed by atoms with Crippen molar-refractivity contribution in [1.82, 2.24) is 5.32 Å². The number of carbonyl (C=O) groups excluding carboxylic acids is 1. The first kappa shape index (κ1) is 29.5. The second-order valence-corrected chi connectivity index (χ2v) is 10.8. The Kier molecular flexibility index (Phi) is 8.94. The van der Waals surface area contributed by atoms with Gasteiger partial charge in [0.2, 0.25) is 5.96 Å². The highest BCUT2D eigenvalue weighted by Gasteiger charge is 2.30. The number of rotatable bonds is 7. The van der Waals surface area contributed by atoms with Gasteiger partial charge >= 0.3 is 6.18 Å². The molecule has 1 atom stereocenters. The average Bonchev–Trinajstić information content (AvgIpc) is 2.85. The molecule has 0 fully saturated rings. The van der Waals surface area contributed by atoms with Crippen molar-refractivity contribution in [2.24, 2.45) is 22.1 Å². The number of hydrogen-bond donors (Lipinski definition) is 3. The summed E-state index contributed by atoms with van der Waals surface area (Å²) in [7, 11) is 0. The number of aryl methyl sites for hydroxylation is 2. The first-order valence-electron chi connectivity index (χ1n) is 12.6. The number of guanidine groups is 1. The SMILES string of the molecule is Cc1cc(OC(CCC(C)(C)C)c2ccc(C(=O)N/C(N)=N/N)cc2)cc(C)c1-c1ccc(C(F)(F)F)cc1. The van der Waals surface area contributed by atoms with Crippen LogP contribution in [0.3, 0.4) is 0 Å². The predicted molar refractivity (Wildman–Crippen MR) is 148 cm³/mol. The number of amides is 1. The Bertz CT molecular complexity index is 1300. The lowest BCUT2D eigenvalue weighted by atomic mass is 9.88. The van der Waals surface area contributed by atoms with Crippen molar-refractivity contribution >= 4 is 11.9 Å². The molecule has 0 bridgehead atoms. The Morgan fingerprint density at radius 3 is 2.03 bits per heavy atom. The maximum atomic E-state index is 13.0. The van der Waals surface area contributed by atoms with E-state index >= 15 is 0 Å². The van der Waals surface area contributed by atoms with Gasteiger partial charge in [-0.3, -0.25) is 10.1 Å². The van der Waals surface area contributed by atoms with E-state index in [-0.39, 0.29) is 17.5 Å². The molecular weight excluding hydrogens is 505 g/mol. The molecule has 0 saturated heterocycles. The van der Waals surface area contributed by atoms with Crippen LogP contribution in [0.25, 0.3) is 11.1 Å². The molecule has 39 heavy (non-hydrogen) atoms. The van der Waals surface area contributed by atoms with E-state index in [1.165, 1.54) is 12.1 Å². The Morgan fingerprint density at radius 1 is 0.974 bits per heavy atom. The van der Waals surface area contributed by atoms with E-state index in [9.17, 15) is 18.0 Å². The maximum absolute atomic E-state index is 13.0. The van der Waals surface area contributed by atoms with Crippen LogP contribution in [0.5, 0.6) is 5.75 Å². The molecule has 0 aliphatic carbocycles. The van der Waals surface area contributed by atoms with Gasteiger partial charge in [0.05, 0.1) is 5.56 Å². The largest absolute Gasteiger partial charge is 0.486 e. The Labute approximate surface area is 227 Å². The highest BCUT2D eigenvalue weighted by atomic mass is 19.4. The number of nitrogens with zero attached hydrogens (tertiary/aromatic N) is 1. The normalized spacial score (nSPS) is 13.2. The Hall–Kier alpha value is -4.01. The number of nitrogens with one attached hydrogen (secondary N) is 1. The van der Waals surface area contributed by atoms with Crippen LogP contribution < -0.4 is 21.6 Å². The summed E-state index contributed by atoms with van der Waals surface area (Å²) in [6.45, 7) is 10.3. The van der Waals surface area contributed by atoms with E-state index in [1.807, 2.05) is 38.1 Å². The lowest BCUT2D eigenvalue weighted by Gasteiger charge is -2.25. The van der Waals surface area contributed by atoms with Crippen molar-refractivity contribution in [3.05, 3.63) is 88.5 Å². The number of hydrogen-bond acceptors (Lipinski definition) is 4. The summed E-state index contributed by atoms with van der Waals surface area (Å²) >= 11 is 0. The molecule has 0 saturated carbocycles. The summed E-state index contributed by atoms with van der Waals surface area (Å²) in [5, 5.41) is 5.64. The number of benzene rings is 3. The van der Waals surface area contributed by atoms with Crippen LogP contribution in [0.1, 0.15) is 72.3 Å². The van der Waals surface area contributed by atoms with Crippen LogP contribution >= 0.6 is 0 Å². The van der Waals surface area contributed by atoms with Crippen molar-refractivity contribution in [3.8, 4) is 16.9 Å². The van der Waals surface area contributed by atoms with E-state index in [2.05, 4.69) is 31.2 Å². The van der Waals surface area contributed by atoms with Crippen molar-refractivity contribution in [3.63, 3.8) is 0 Å². The van der Waals surface area contributed by atoms with Gasteiger partial charge in [-0.2, -0.15) is 13.2 Å². The molecule has 0 heterocycles. The quantitative estimate of drug-likeness (QED) is 0.132. The summed E-state index contributed by atoms with van der Waals surface area (Å²) in [6.07, 6.45) is -3.03. The second kappa shape index (κ2) is 11.8. The van der Waals surface area contributed by atoms with Crippen LogP contribution in [0.2, 0.25) is 0 Å². The summed E-state index contributed by atoms with van der Waals surface area (Å²) in [5.74, 6) is 5.14. The van der Waals surface area contributed by atoms with Gasteiger partial charge in [-0.15, -0.1) is 5.10 Å². The van der Waals surface area contributed by atoms with Crippen LogP contribution in [0.4, 0.5) is 13.2 Å². The number of hydrazone groups is 1. The van der Waals surface area contributed by atoms with Gasteiger partial charge in [-0.25, -0.2) is 0 Å². The molecule has 0 radical (unpaired) electrons. The van der Waals surface area contributed by atoms with Crippen LogP contribution in [0, 0.1) is 19.3 Å². The first-order valence-corrected chi connectivity index (χ1v) is 12.6. The molecule has 9 heteroatoms. The van der Waals surface area contributed by atoms with E-state index in [4.69, 9.17) is 16.3 Å². The summed E-state index contributed by atoms with van der Waals surface area (Å²) in [5.41, 5.74) is 9.55. The van der Waals surface area contributed by atoms with Crippen molar-refractivity contribution in [2.75, 3.05) is 0 Å². The van der Waals surface area contributed by atoms with E-state index < -0.39 is 17.6 Å². The molecule has 0 aliphatic heterocycles. The van der Waals surface area contributed by atoms with Crippen molar-refractivity contribution in [2.45, 2.75) is 59.7 Å². The van der Waals surface area contributed by atoms with Gasteiger partial charge in [0.15, 0.2) is 0 Å². The van der Waals surface area contributed by atoms with Gasteiger partial charge < -0.3 is 16.3 Å². The highest BCUT2D eigenvalue weighted by molar-refractivity contribution is 6.05. The van der Waals surface area contributed by atoms with Gasteiger partial charge in [-0.05, 0) is 96.3 Å². The topological polar surface area (TPSA) is 103 Å². The van der Waals surface area contributed by atoms with Gasteiger partial charge in [0.1, 0.15) is 11.9 Å². The van der Waals surface area contributed by atoms with E-state index in [0.717, 1.165) is 47.2 Å². The van der Waals surface area contributed by atoms with Gasteiger partial charge in [0, 0.05) is 5.56 Å². The molecule has 0 spiro atoms. The zero-order chi connectivity index (χ0) is 29.0. The summed E-state index contributed by atoms with van der Waals surface area (Å²) in [4.78, 5) is 12.3. The minimum absolute atomic E-state index is 0.0821.